The number of nitrogens with zero attached hydrogens (tertiary/aromatic N) is 3. The summed E-state index contributed by atoms with van der Waals surface area (Å²) in [6.45, 7) is 5.38. The number of thiophene rings is 1. The molecule has 0 radical (unpaired) electrons. The zero-order valence-corrected chi connectivity index (χ0v) is 12.8. The molecule has 3 rings (SSSR count). The third-order valence-corrected chi connectivity index (χ3v) is 5.01. The van der Waals surface area contributed by atoms with Crippen molar-refractivity contribution < 1.29 is 0 Å². The van der Waals surface area contributed by atoms with Crippen molar-refractivity contribution >= 4 is 27.4 Å². The molecule has 0 aliphatic carbocycles. The number of fused-ring (bicyclic) bond motifs is 1. The summed E-state index contributed by atoms with van der Waals surface area (Å²) in [6, 6.07) is 3.19. The second kappa shape index (κ2) is 5.63. The number of nitrogen functional groups attached to an aromatic ring is 1. The van der Waals surface area contributed by atoms with Crippen molar-refractivity contribution in [1.82, 2.24) is 14.9 Å². The van der Waals surface area contributed by atoms with Gasteiger partial charge in [-0.3, -0.25) is 4.90 Å². The number of likely N-dealkylation sites (tertiary alicyclic amines) is 1. The van der Waals surface area contributed by atoms with E-state index in [1.165, 1.54) is 19.3 Å². The second-order valence-corrected chi connectivity index (χ2v) is 6.47. The molecule has 0 aromatic carbocycles. The molecule has 2 atom stereocenters. The van der Waals surface area contributed by atoms with Crippen molar-refractivity contribution in [3.05, 3.63) is 17.3 Å². The third kappa shape index (κ3) is 2.51. The summed E-state index contributed by atoms with van der Waals surface area (Å²) in [5.41, 5.74) is 2.69. The molecule has 5 nitrogen and oxygen atoms in total. The Labute approximate surface area is 123 Å². The number of hydrogen-bond acceptors (Lipinski definition) is 6. The molecule has 3 N–H and O–H groups in total. The summed E-state index contributed by atoms with van der Waals surface area (Å²) in [4.78, 5) is 12.7. The van der Waals surface area contributed by atoms with E-state index in [-0.39, 0.29) is 0 Å². The van der Waals surface area contributed by atoms with Crippen LogP contribution >= 0.6 is 11.3 Å². The molecule has 0 amide bonds. The topological polar surface area (TPSA) is 67.1 Å². The first-order chi connectivity index (χ1) is 9.69. The Morgan fingerprint density at radius 2 is 2.10 bits per heavy atom. The predicted octanol–water partition coefficient (Wildman–Crippen LogP) is 2.74. The number of nitrogens with one attached hydrogen (secondary N) is 1. The lowest BCUT2D eigenvalue weighted by atomic mass is 9.97. The highest BCUT2D eigenvalue weighted by Crippen LogP contribution is 2.27. The van der Waals surface area contributed by atoms with Crippen molar-refractivity contribution in [2.75, 3.05) is 5.43 Å². The maximum absolute atomic E-state index is 5.58. The van der Waals surface area contributed by atoms with Gasteiger partial charge in [0.2, 0.25) is 0 Å². The zero-order valence-electron chi connectivity index (χ0n) is 12.0. The number of hydrogen-bond donors (Lipinski definition) is 2. The van der Waals surface area contributed by atoms with E-state index in [9.17, 15) is 0 Å². The van der Waals surface area contributed by atoms with Crippen molar-refractivity contribution in [1.29, 1.82) is 0 Å². The smallest absolute Gasteiger partial charge is 0.152 e. The van der Waals surface area contributed by atoms with Crippen molar-refractivity contribution in [3.63, 3.8) is 0 Å². The van der Waals surface area contributed by atoms with Crippen LogP contribution in [0.25, 0.3) is 10.2 Å². The first kappa shape index (κ1) is 13.7. The van der Waals surface area contributed by atoms with Gasteiger partial charge in [0, 0.05) is 12.1 Å². The minimum atomic E-state index is 0.593. The molecule has 1 aliphatic heterocycles. The van der Waals surface area contributed by atoms with Crippen LogP contribution in [-0.2, 0) is 6.54 Å². The molecular formula is C14H21N5S. The lowest BCUT2D eigenvalue weighted by Crippen LogP contribution is -2.43. The highest BCUT2D eigenvalue weighted by molar-refractivity contribution is 7.16. The lowest BCUT2D eigenvalue weighted by molar-refractivity contribution is 0.0924. The zero-order chi connectivity index (χ0) is 14.1. The third-order valence-electron chi connectivity index (χ3n) is 4.21. The van der Waals surface area contributed by atoms with Crippen molar-refractivity contribution in [2.45, 2.75) is 51.7 Å². The van der Waals surface area contributed by atoms with Gasteiger partial charge in [-0.25, -0.2) is 15.8 Å². The standard InChI is InChI=1S/C14H21N5S/c1-9-4-3-5-10(2)19(9)8-12-16-13(18-15)11-6-7-20-14(11)17-12/h6-7,9-10H,3-5,8,15H2,1-2H3,(H,16,17,18). The Balaban J connectivity index is 1.89. The molecule has 108 valence electrons. The normalized spacial score (nSPS) is 24.1. The van der Waals surface area contributed by atoms with Crippen LogP contribution in [0.5, 0.6) is 0 Å². The highest BCUT2D eigenvalue weighted by Gasteiger charge is 2.25. The molecule has 1 fully saturated rings. The molecule has 1 aliphatic rings. The molecule has 1 saturated heterocycles. The van der Waals surface area contributed by atoms with E-state index in [0.717, 1.165) is 28.4 Å². The molecule has 0 saturated carbocycles. The molecule has 0 spiro atoms. The van der Waals surface area contributed by atoms with Gasteiger partial charge in [-0.2, -0.15) is 0 Å². The van der Waals surface area contributed by atoms with Crippen LogP contribution in [0.1, 0.15) is 38.9 Å². The first-order valence-corrected chi connectivity index (χ1v) is 8.03. The van der Waals surface area contributed by atoms with E-state index in [0.29, 0.717) is 12.1 Å². The van der Waals surface area contributed by atoms with Gasteiger partial charge in [0.25, 0.3) is 0 Å². The van der Waals surface area contributed by atoms with Gasteiger partial charge in [0.15, 0.2) is 5.82 Å². The summed E-state index contributed by atoms with van der Waals surface area (Å²) in [7, 11) is 0. The fourth-order valence-electron chi connectivity index (χ4n) is 3.03. The lowest BCUT2D eigenvalue weighted by Gasteiger charge is -2.38. The summed E-state index contributed by atoms with van der Waals surface area (Å²) >= 11 is 1.63. The number of piperidine rings is 1. The fraction of sp³-hybridized carbons (Fsp3) is 0.571. The second-order valence-electron chi connectivity index (χ2n) is 5.57. The maximum atomic E-state index is 5.58. The van der Waals surface area contributed by atoms with E-state index < -0.39 is 0 Å². The first-order valence-electron chi connectivity index (χ1n) is 7.15. The van der Waals surface area contributed by atoms with Gasteiger partial charge in [-0.1, -0.05) is 6.42 Å². The Bertz CT molecular complexity index is 586. The van der Waals surface area contributed by atoms with Crippen LogP contribution in [0.4, 0.5) is 5.82 Å². The van der Waals surface area contributed by atoms with Crippen LogP contribution in [0.3, 0.4) is 0 Å². The monoisotopic (exact) mass is 291 g/mol. The molecule has 2 unspecified atom stereocenters. The van der Waals surface area contributed by atoms with Crippen molar-refractivity contribution in [2.24, 2.45) is 5.84 Å². The number of hydrazine groups is 1. The molecule has 20 heavy (non-hydrogen) atoms. The molecule has 0 bridgehead atoms. The van der Waals surface area contributed by atoms with Crippen LogP contribution in [-0.4, -0.2) is 27.0 Å². The summed E-state index contributed by atoms with van der Waals surface area (Å²) in [5, 5.41) is 3.02. The van der Waals surface area contributed by atoms with Crippen molar-refractivity contribution in [3.8, 4) is 0 Å². The van der Waals surface area contributed by atoms with Crippen LogP contribution < -0.4 is 11.3 Å². The van der Waals surface area contributed by atoms with E-state index in [1.54, 1.807) is 11.3 Å². The van der Waals surface area contributed by atoms with Gasteiger partial charge in [0.05, 0.1) is 11.9 Å². The number of rotatable bonds is 3. The van der Waals surface area contributed by atoms with Gasteiger partial charge in [0.1, 0.15) is 10.7 Å². The summed E-state index contributed by atoms with van der Waals surface area (Å²) in [5.74, 6) is 7.16. The van der Waals surface area contributed by atoms with Gasteiger partial charge in [-0.15, -0.1) is 11.3 Å². The van der Waals surface area contributed by atoms with Crippen LogP contribution in [0.2, 0.25) is 0 Å². The minimum Gasteiger partial charge on any atom is -0.308 e. The van der Waals surface area contributed by atoms with E-state index in [4.69, 9.17) is 5.84 Å². The summed E-state index contributed by atoms with van der Waals surface area (Å²) in [6.07, 6.45) is 3.83. The Hall–Kier alpha value is -1.24. The SMILES string of the molecule is CC1CCCC(C)N1Cc1nc(NN)c2ccsc2n1. The van der Waals surface area contributed by atoms with Gasteiger partial charge in [-0.05, 0) is 38.1 Å². The van der Waals surface area contributed by atoms with Gasteiger partial charge >= 0.3 is 0 Å². The minimum absolute atomic E-state index is 0.593. The van der Waals surface area contributed by atoms with Crippen LogP contribution in [0, 0.1) is 0 Å². The molecular weight excluding hydrogens is 270 g/mol. The Morgan fingerprint density at radius 1 is 1.35 bits per heavy atom. The number of nitrogens with two attached hydrogens (primary N) is 1. The average Bonchev–Trinajstić information content (AvgIpc) is 2.90. The molecule has 2 aromatic heterocycles. The van der Waals surface area contributed by atoms with Crippen LogP contribution in [0.15, 0.2) is 11.4 Å². The largest absolute Gasteiger partial charge is 0.308 e. The fourth-order valence-corrected chi connectivity index (χ4v) is 3.81. The number of anilines is 1. The Kier molecular flexibility index (Phi) is 3.87. The highest BCUT2D eigenvalue weighted by atomic mass is 32.1. The van der Waals surface area contributed by atoms with E-state index >= 15 is 0 Å². The average molecular weight is 291 g/mol. The predicted molar refractivity (Wildman–Crippen MR) is 83.5 cm³/mol. The Morgan fingerprint density at radius 3 is 2.80 bits per heavy atom. The maximum Gasteiger partial charge on any atom is 0.152 e. The van der Waals surface area contributed by atoms with E-state index in [1.807, 2.05) is 11.4 Å². The number of aromatic nitrogens is 2. The quantitative estimate of drug-likeness (QED) is 0.672. The van der Waals surface area contributed by atoms with E-state index in [2.05, 4.69) is 34.1 Å². The molecule has 2 aromatic rings. The summed E-state index contributed by atoms with van der Waals surface area (Å²) < 4.78 is 0. The van der Waals surface area contributed by atoms with Gasteiger partial charge < -0.3 is 5.43 Å². The molecule has 3 heterocycles. The molecule has 6 heteroatoms.